The molecule has 0 unspecified atom stereocenters. The minimum Gasteiger partial charge on any atom is -0.496 e. The molecule has 0 aliphatic carbocycles. The monoisotopic (exact) mass is 502 g/mol. The first kappa shape index (κ1) is 25.1. The Morgan fingerprint density at radius 2 is 1.61 bits per heavy atom. The number of carbonyl (C=O) groups excluding carboxylic acids is 1. The largest absolute Gasteiger partial charge is 0.496 e. The third-order valence-electron chi connectivity index (χ3n) is 5.61. The number of alkyl halides is 3. The topological polar surface area (TPSA) is 80.4 Å². The summed E-state index contributed by atoms with van der Waals surface area (Å²) in [4.78, 5) is 21.2. The van der Waals surface area contributed by atoms with Gasteiger partial charge in [-0.1, -0.05) is 32.9 Å². The van der Waals surface area contributed by atoms with Crippen LogP contribution in [-0.4, -0.2) is 45.9 Å². The number of hydrogen-bond acceptors (Lipinski definition) is 6. The predicted molar refractivity (Wildman–Crippen MR) is 127 cm³/mol. The number of halogens is 3. The summed E-state index contributed by atoms with van der Waals surface area (Å²) in [5.74, 6) is -1.29. The minimum absolute atomic E-state index is 0.00255. The Labute approximate surface area is 205 Å². The highest BCUT2D eigenvalue weighted by atomic mass is 19.4. The molecular weight excluding hydrogens is 477 g/mol. The highest BCUT2D eigenvalue weighted by molar-refractivity contribution is 5.88. The lowest BCUT2D eigenvalue weighted by Gasteiger charge is -2.13. The van der Waals surface area contributed by atoms with Crippen LogP contribution < -0.4 is 14.3 Å². The maximum Gasteiger partial charge on any atom is 0.493 e. The van der Waals surface area contributed by atoms with Gasteiger partial charge in [0.1, 0.15) is 22.7 Å². The summed E-state index contributed by atoms with van der Waals surface area (Å²) in [5, 5.41) is 4.48. The van der Waals surface area contributed by atoms with Gasteiger partial charge in [0.15, 0.2) is 5.82 Å². The number of nitrogens with zero attached hydrogens (tertiary/aromatic N) is 4. The number of hydrogen-bond donors (Lipinski definition) is 0. The second-order valence-electron chi connectivity index (χ2n) is 9.14. The first-order chi connectivity index (χ1) is 16.8. The molecule has 0 bridgehead atoms. The van der Waals surface area contributed by atoms with E-state index in [4.69, 9.17) is 14.3 Å². The van der Waals surface area contributed by atoms with Crippen molar-refractivity contribution in [3.63, 3.8) is 0 Å². The minimum atomic E-state index is -5.19. The van der Waals surface area contributed by atoms with E-state index in [1.165, 1.54) is 25.0 Å². The van der Waals surface area contributed by atoms with E-state index in [1.54, 1.807) is 43.4 Å². The number of ether oxygens (including phenoxy) is 2. The molecule has 0 spiro atoms. The smallest absolute Gasteiger partial charge is 0.493 e. The van der Waals surface area contributed by atoms with Crippen molar-refractivity contribution >= 4 is 17.0 Å². The van der Waals surface area contributed by atoms with Gasteiger partial charge >= 0.3 is 12.1 Å². The molecule has 11 heteroatoms. The van der Waals surface area contributed by atoms with Crippen molar-refractivity contribution in [1.82, 2.24) is 19.5 Å². The molecule has 2 heterocycles. The predicted octanol–water partition coefficient (Wildman–Crippen LogP) is 4.94. The van der Waals surface area contributed by atoms with E-state index in [1.807, 2.05) is 20.8 Å². The molecule has 0 aliphatic heterocycles. The van der Waals surface area contributed by atoms with Gasteiger partial charge in [0.2, 0.25) is 0 Å². The summed E-state index contributed by atoms with van der Waals surface area (Å²) in [5.41, 5.74) is 2.49. The number of methoxy groups -OCH3 is 2. The van der Waals surface area contributed by atoms with E-state index >= 15 is 0 Å². The highest BCUT2D eigenvalue weighted by Gasteiger charge is 2.43. The van der Waals surface area contributed by atoms with Crippen LogP contribution in [0.15, 0.2) is 42.5 Å². The van der Waals surface area contributed by atoms with Crippen LogP contribution in [-0.2, 0) is 17.3 Å². The van der Waals surface area contributed by atoms with Crippen molar-refractivity contribution in [3.8, 4) is 34.1 Å². The number of rotatable bonds is 5. The molecule has 190 valence electrons. The number of fused-ring (bicyclic) bond motifs is 1. The average Bonchev–Trinajstić information content (AvgIpc) is 3.37. The van der Waals surface area contributed by atoms with Crippen molar-refractivity contribution in [2.75, 3.05) is 14.2 Å². The molecule has 0 radical (unpaired) electrons. The number of aromatic nitrogens is 4. The maximum atomic E-state index is 13.1. The fourth-order valence-electron chi connectivity index (χ4n) is 3.78. The zero-order chi connectivity index (χ0) is 26.4. The first-order valence-electron chi connectivity index (χ1n) is 10.9. The average molecular weight is 502 g/mol. The molecule has 0 aliphatic rings. The fraction of sp³-hybridized carbons (Fsp3) is 0.320. The van der Waals surface area contributed by atoms with Crippen LogP contribution in [0.4, 0.5) is 13.2 Å². The summed E-state index contributed by atoms with van der Waals surface area (Å²) < 4.78 is 52.6. The Kier molecular flexibility index (Phi) is 6.19. The molecule has 4 rings (SSSR count). The Balaban J connectivity index is 1.95. The molecule has 0 atom stereocenters. The molecule has 36 heavy (non-hydrogen) atoms. The first-order valence-corrected chi connectivity index (χ1v) is 10.9. The fourth-order valence-corrected chi connectivity index (χ4v) is 3.78. The van der Waals surface area contributed by atoms with Gasteiger partial charge in [-0.05, 0) is 35.9 Å². The molecule has 0 amide bonds. The molecule has 0 saturated heterocycles. The SMILES string of the molecule is COc1cccc(OC)c1-c1ccc2c(c1)nc(-c1cc(C(C)(C)C)nn1C)n2OC(=O)C(F)(F)F. The van der Waals surface area contributed by atoms with E-state index in [-0.39, 0.29) is 16.8 Å². The van der Waals surface area contributed by atoms with Crippen LogP contribution >= 0.6 is 0 Å². The Bertz CT molecular complexity index is 1430. The van der Waals surface area contributed by atoms with Gasteiger partial charge in [-0.25, -0.2) is 9.78 Å². The number of benzene rings is 2. The zero-order valence-corrected chi connectivity index (χ0v) is 20.6. The third-order valence-corrected chi connectivity index (χ3v) is 5.61. The Morgan fingerprint density at radius 3 is 2.14 bits per heavy atom. The van der Waals surface area contributed by atoms with Gasteiger partial charge < -0.3 is 14.3 Å². The van der Waals surface area contributed by atoms with E-state index in [9.17, 15) is 18.0 Å². The quantitative estimate of drug-likeness (QED) is 0.385. The lowest BCUT2D eigenvalue weighted by atomic mass is 9.92. The van der Waals surface area contributed by atoms with Gasteiger partial charge in [-0.2, -0.15) is 23.0 Å². The van der Waals surface area contributed by atoms with Gasteiger partial charge in [0.05, 0.1) is 31.0 Å². The summed E-state index contributed by atoms with van der Waals surface area (Å²) in [6.07, 6.45) is -5.19. The van der Waals surface area contributed by atoms with Crippen molar-refractivity contribution in [2.45, 2.75) is 32.4 Å². The molecule has 2 aromatic heterocycles. The van der Waals surface area contributed by atoms with Crippen molar-refractivity contribution in [3.05, 3.63) is 48.2 Å². The lowest BCUT2D eigenvalue weighted by molar-refractivity contribution is -0.199. The molecule has 0 fully saturated rings. The summed E-state index contributed by atoms with van der Waals surface area (Å²) in [6, 6.07) is 11.9. The Hall–Kier alpha value is -4.02. The number of aryl methyl sites for hydroxylation is 1. The second-order valence-corrected chi connectivity index (χ2v) is 9.14. The van der Waals surface area contributed by atoms with Crippen LogP contribution in [0.25, 0.3) is 33.7 Å². The Morgan fingerprint density at radius 1 is 0.972 bits per heavy atom. The van der Waals surface area contributed by atoms with Crippen LogP contribution in [0.2, 0.25) is 0 Å². The molecule has 0 saturated carbocycles. The van der Waals surface area contributed by atoms with Gasteiger partial charge in [0.25, 0.3) is 0 Å². The van der Waals surface area contributed by atoms with Crippen molar-refractivity contribution in [1.29, 1.82) is 0 Å². The molecular formula is C25H25F3N4O4. The normalized spacial score (nSPS) is 12.1. The van der Waals surface area contributed by atoms with Gasteiger partial charge in [-0.3, -0.25) is 4.68 Å². The van der Waals surface area contributed by atoms with Gasteiger partial charge in [0, 0.05) is 12.5 Å². The van der Waals surface area contributed by atoms with Crippen LogP contribution in [0.1, 0.15) is 26.5 Å². The standard InChI is InChI=1S/C25H25F3N4O4/c1-24(2,3)20-13-17(31(4)30-20)22-29-15-12-14(21-18(34-5)8-7-9-19(21)35-6)10-11-16(15)32(22)36-23(33)25(26,27)28/h7-13H,1-6H3. The van der Waals surface area contributed by atoms with Crippen molar-refractivity contribution in [2.24, 2.45) is 7.05 Å². The molecule has 4 aromatic rings. The summed E-state index contributed by atoms with van der Waals surface area (Å²) in [6.45, 7) is 5.87. The van der Waals surface area contributed by atoms with Crippen LogP contribution in [0, 0.1) is 0 Å². The van der Waals surface area contributed by atoms with E-state index in [0.717, 1.165) is 4.73 Å². The molecule has 8 nitrogen and oxygen atoms in total. The van der Waals surface area contributed by atoms with E-state index in [2.05, 4.69) is 10.1 Å². The number of carbonyl (C=O) groups is 1. The van der Waals surface area contributed by atoms with Crippen molar-refractivity contribution < 1.29 is 32.3 Å². The van der Waals surface area contributed by atoms with E-state index in [0.29, 0.717) is 39.5 Å². The number of imidazole rings is 1. The van der Waals surface area contributed by atoms with Crippen LogP contribution in [0.3, 0.4) is 0 Å². The zero-order valence-electron chi connectivity index (χ0n) is 20.6. The second kappa shape index (κ2) is 8.89. The molecule has 2 aromatic carbocycles. The van der Waals surface area contributed by atoms with Gasteiger partial charge in [-0.15, -0.1) is 0 Å². The third kappa shape index (κ3) is 4.48. The van der Waals surface area contributed by atoms with E-state index < -0.39 is 12.1 Å². The molecule has 0 N–H and O–H groups in total. The van der Waals surface area contributed by atoms with Crippen LogP contribution in [0.5, 0.6) is 11.5 Å². The lowest BCUT2D eigenvalue weighted by Crippen LogP contribution is -2.33. The highest BCUT2D eigenvalue weighted by Crippen LogP contribution is 2.40. The summed E-state index contributed by atoms with van der Waals surface area (Å²) >= 11 is 0. The summed E-state index contributed by atoms with van der Waals surface area (Å²) in [7, 11) is 4.69. The maximum absolute atomic E-state index is 13.1.